The number of nitrogens with zero attached hydrogens (tertiary/aromatic N) is 1. The summed E-state index contributed by atoms with van der Waals surface area (Å²) in [6, 6.07) is 3.42. The molecule has 0 radical (unpaired) electrons. The van der Waals surface area contributed by atoms with E-state index in [0.717, 1.165) is 4.90 Å². The standard InChI is InChI=1S/C12H12N2O3S/c1-16-12(15)8-3-5-17-10(8)7-18-11-2-4-14-6-9(11)13/h2-6H,7,13H2,1H3. The third-order valence-corrected chi connectivity index (χ3v) is 3.41. The van der Waals surface area contributed by atoms with Gasteiger partial charge in [-0.2, -0.15) is 0 Å². The van der Waals surface area contributed by atoms with Crippen molar-refractivity contribution < 1.29 is 13.9 Å². The highest BCUT2D eigenvalue weighted by Gasteiger charge is 2.15. The number of pyridine rings is 1. The minimum Gasteiger partial charge on any atom is -0.468 e. The van der Waals surface area contributed by atoms with Gasteiger partial charge in [0.05, 0.1) is 31.0 Å². The number of carbonyl (C=O) groups is 1. The van der Waals surface area contributed by atoms with Crippen molar-refractivity contribution in [1.29, 1.82) is 0 Å². The molecule has 2 N–H and O–H groups in total. The molecular formula is C12H12N2O3S. The average molecular weight is 264 g/mol. The van der Waals surface area contributed by atoms with Gasteiger partial charge in [-0.1, -0.05) is 0 Å². The summed E-state index contributed by atoms with van der Waals surface area (Å²) in [5, 5.41) is 0. The number of nitrogen functional groups attached to an aromatic ring is 1. The third kappa shape index (κ3) is 2.65. The molecule has 0 fully saturated rings. The molecule has 2 heterocycles. The Morgan fingerprint density at radius 3 is 3.11 bits per heavy atom. The van der Waals surface area contributed by atoms with Crippen LogP contribution < -0.4 is 5.73 Å². The maximum absolute atomic E-state index is 11.4. The van der Waals surface area contributed by atoms with E-state index in [4.69, 9.17) is 10.2 Å². The second-order valence-corrected chi connectivity index (χ2v) is 4.47. The number of hydrogen-bond donors (Lipinski definition) is 1. The van der Waals surface area contributed by atoms with Crippen molar-refractivity contribution in [1.82, 2.24) is 4.98 Å². The highest BCUT2D eigenvalue weighted by atomic mass is 32.2. The fourth-order valence-corrected chi connectivity index (χ4v) is 2.30. The summed E-state index contributed by atoms with van der Waals surface area (Å²) in [5.41, 5.74) is 6.83. The van der Waals surface area contributed by atoms with Gasteiger partial charge in [0.2, 0.25) is 0 Å². The molecule has 2 rings (SSSR count). The Labute approximate surface area is 108 Å². The molecule has 0 atom stereocenters. The lowest BCUT2D eigenvalue weighted by molar-refractivity contribution is 0.0598. The molecule has 0 aliphatic heterocycles. The average Bonchev–Trinajstić information content (AvgIpc) is 2.85. The van der Waals surface area contributed by atoms with E-state index in [0.29, 0.717) is 22.8 Å². The molecule has 0 amide bonds. The van der Waals surface area contributed by atoms with Gasteiger partial charge < -0.3 is 14.9 Å². The maximum Gasteiger partial charge on any atom is 0.341 e. The second kappa shape index (κ2) is 5.59. The van der Waals surface area contributed by atoms with E-state index in [1.54, 1.807) is 18.5 Å². The largest absolute Gasteiger partial charge is 0.468 e. The molecule has 94 valence electrons. The van der Waals surface area contributed by atoms with Gasteiger partial charge in [-0.15, -0.1) is 11.8 Å². The molecule has 0 saturated carbocycles. The Hall–Kier alpha value is -1.95. The van der Waals surface area contributed by atoms with Gasteiger partial charge >= 0.3 is 5.97 Å². The minimum atomic E-state index is -0.401. The molecule has 0 saturated heterocycles. The van der Waals surface area contributed by atoms with Gasteiger partial charge in [0.1, 0.15) is 11.3 Å². The second-order valence-electron chi connectivity index (χ2n) is 3.45. The Bertz CT molecular complexity index is 554. The zero-order valence-corrected chi connectivity index (χ0v) is 10.6. The normalized spacial score (nSPS) is 10.3. The Morgan fingerprint density at radius 2 is 2.39 bits per heavy atom. The number of thioether (sulfide) groups is 1. The Morgan fingerprint density at radius 1 is 1.56 bits per heavy atom. The summed E-state index contributed by atoms with van der Waals surface area (Å²) in [6.07, 6.45) is 4.73. The highest BCUT2D eigenvalue weighted by Crippen LogP contribution is 2.28. The Balaban J connectivity index is 2.09. The predicted octanol–water partition coefficient (Wildman–Crippen LogP) is 2.34. The molecule has 0 aliphatic carbocycles. The van der Waals surface area contributed by atoms with Crippen LogP contribution >= 0.6 is 11.8 Å². The third-order valence-electron chi connectivity index (χ3n) is 2.32. The molecule has 0 bridgehead atoms. The van der Waals surface area contributed by atoms with Crippen LogP contribution in [0.2, 0.25) is 0 Å². The van der Waals surface area contributed by atoms with Crippen molar-refractivity contribution in [3.63, 3.8) is 0 Å². The van der Waals surface area contributed by atoms with E-state index in [1.165, 1.54) is 25.1 Å². The van der Waals surface area contributed by atoms with Crippen LogP contribution in [-0.4, -0.2) is 18.1 Å². The molecule has 5 nitrogen and oxygen atoms in total. The van der Waals surface area contributed by atoms with Gasteiger partial charge in [0, 0.05) is 11.1 Å². The Kier molecular flexibility index (Phi) is 3.88. The maximum atomic E-state index is 11.4. The van der Waals surface area contributed by atoms with Crippen LogP contribution in [-0.2, 0) is 10.5 Å². The lowest BCUT2D eigenvalue weighted by atomic mass is 10.3. The molecule has 0 aromatic carbocycles. The summed E-state index contributed by atoms with van der Waals surface area (Å²) in [7, 11) is 1.34. The van der Waals surface area contributed by atoms with Crippen molar-refractivity contribution in [3.05, 3.63) is 42.1 Å². The molecule has 18 heavy (non-hydrogen) atoms. The molecular weight excluding hydrogens is 252 g/mol. The minimum absolute atomic E-state index is 0.401. The number of furan rings is 1. The lowest BCUT2D eigenvalue weighted by Crippen LogP contribution is -2.02. The first-order valence-corrected chi connectivity index (χ1v) is 6.18. The van der Waals surface area contributed by atoms with Crippen LogP contribution in [0.5, 0.6) is 0 Å². The number of ether oxygens (including phenoxy) is 1. The lowest BCUT2D eigenvalue weighted by Gasteiger charge is -2.04. The highest BCUT2D eigenvalue weighted by molar-refractivity contribution is 7.98. The van der Waals surface area contributed by atoms with Gasteiger partial charge in [-0.05, 0) is 12.1 Å². The molecule has 0 spiro atoms. The summed E-state index contributed by atoms with van der Waals surface area (Å²) in [5.74, 6) is 0.677. The molecule has 0 aliphatic rings. The molecule has 0 unspecified atom stereocenters. The van der Waals surface area contributed by atoms with Crippen LogP contribution in [0.4, 0.5) is 5.69 Å². The van der Waals surface area contributed by atoms with Gasteiger partial charge in [0.25, 0.3) is 0 Å². The summed E-state index contributed by atoms with van der Waals surface area (Å²) >= 11 is 1.48. The van der Waals surface area contributed by atoms with Gasteiger partial charge in [-0.25, -0.2) is 4.79 Å². The fourth-order valence-electron chi connectivity index (χ4n) is 1.41. The number of aromatic nitrogens is 1. The topological polar surface area (TPSA) is 78.3 Å². The number of anilines is 1. The number of rotatable bonds is 4. The number of hydrogen-bond acceptors (Lipinski definition) is 6. The van der Waals surface area contributed by atoms with Crippen molar-refractivity contribution in [2.24, 2.45) is 0 Å². The van der Waals surface area contributed by atoms with Crippen molar-refractivity contribution >= 4 is 23.4 Å². The predicted molar refractivity (Wildman–Crippen MR) is 68.3 cm³/mol. The van der Waals surface area contributed by atoms with Crippen LogP contribution in [0.25, 0.3) is 0 Å². The quantitative estimate of drug-likeness (QED) is 0.674. The molecule has 2 aromatic heterocycles. The SMILES string of the molecule is COC(=O)c1ccoc1CSc1ccncc1N. The van der Waals surface area contributed by atoms with Crippen LogP contribution in [0.15, 0.2) is 40.1 Å². The van der Waals surface area contributed by atoms with Crippen molar-refractivity contribution in [2.75, 3.05) is 12.8 Å². The number of esters is 1. The van der Waals surface area contributed by atoms with E-state index in [9.17, 15) is 4.79 Å². The number of nitrogens with two attached hydrogens (primary N) is 1. The summed E-state index contributed by atoms with van der Waals surface area (Å²) in [6.45, 7) is 0. The zero-order valence-electron chi connectivity index (χ0n) is 9.75. The monoisotopic (exact) mass is 264 g/mol. The molecule has 6 heteroatoms. The van der Waals surface area contributed by atoms with Crippen molar-refractivity contribution in [2.45, 2.75) is 10.6 Å². The fraction of sp³-hybridized carbons (Fsp3) is 0.167. The van der Waals surface area contributed by atoms with Crippen molar-refractivity contribution in [3.8, 4) is 0 Å². The molecule has 2 aromatic rings. The first kappa shape index (κ1) is 12.5. The van der Waals surface area contributed by atoms with Gasteiger partial charge in [-0.3, -0.25) is 4.98 Å². The van der Waals surface area contributed by atoms with E-state index in [1.807, 2.05) is 6.07 Å². The first-order valence-electron chi connectivity index (χ1n) is 5.19. The van der Waals surface area contributed by atoms with Crippen LogP contribution in [0, 0.1) is 0 Å². The van der Waals surface area contributed by atoms with E-state index in [2.05, 4.69) is 9.72 Å². The van der Waals surface area contributed by atoms with Crippen LogP contribution in [0.3, 0.4) is 0 Å². The number of methoxy groups -OCH3 is 1. The first-order chi connectivity index (χ1) is 8.72. The summed E-state index contributed by atoms with van der Waals surface area (Å²) < 4.78 is 9.94. The van der Waals surface area contributed by atoms with Gasteiger partial charge in [0.15, 0.2) is 0 Å². The smallest absolute Gasteiger partial charge is 0.341 e. The zero-order chi connectivity index (χ0) is 13.0. The van der Waals surface area contributed by atoms with Crippen LogP contribution in [0.1, 0.15) is 16.1 Å². The van der Waals surface area contributed by atoms with E-state index >= 15 is 0 Å². The van der Waals surface area contributed by atoms with E-state index < -0.39 is 5.97 Å². The number of carbonyl (C=O) groups excluding carboxylic acids is 1. The van der Waals surface area contributed by atoms with E-state index in [-0.39, 0.29) is 0 Å². The summed E-state index contributed by atoms with van der Waals surface area (Å²) in [4.78, 5) is 16.3.